The van der Waals surface area contributed by atoms with Crippen molar-refractivity contribution in [2.45, 2.75) is 49.4 Å². The van der Waals surface area contributed by atoms with Crippen LogP contribution in [0.5, 0.6) is 0 Å². The van der Waals surface area contributed by atoms with Crippen LogP contribution in [-0.2, 0) is 14.4 Å². The normalized spacial score (nSPS) is 20.4. The van der Waals surface area contributed by atoms with Gasteiger partial charge in [0.05, 0.1) is 0 Å². The zero-order valence-electron chi connectivity index (χ0n) is 21.6. The van der Waals surface area contributed by atoms with Gasteiger partial charge in [0.1, 0.15) is 35.8 Å². The molecule has 0 spiro atoms. The molecule has 2 N–H and O–H groups in total. The number of aliphatic hydroxyl groups is 1. The summed E-state index contributed by atoms with van der Waals surface area (Å²) < 4.78 is 41.7. The average molecular weight is 599 g/mol. The van der Waals surface area contributed by atoms with Gasteiger partial charge in [-0.25, -0.2) is 23.1 Å². The van der Waals surface area contributed by atoms with Crippen LogP contribution in [0.15, 0.2) is 60.8 Å². The summed E-state index contributed by atoms with van der Waals surface area (Å²) in [6.45, 7) is 0. The molecule has 1 saturated carbocycles. The summed E-state index contributed by atoms with van der Waals surface area (Å²) >= 11 is 6.46. The van der Waals surface area contributed by atoms with Crippen molar-refractivity contribution in [2.24, 2.45) is 0 Å². The molecule has 1 aromatic heterocycles. The number of hydrogen-bond donors (Lipinski definition) is 2. The van der Waals surface area contributed by atoms with E-state index in [-0.39, 0.29) is 27.9 Å². The standard InChI is InChI=1S/C28H22ClF3N6O4/c29-20-7-2-1-6-19(20)23(24(40)35-17-12-28(31,32)13-17)37(18-5-3-4-15(30)10-18)25(41)21-11-22(39)26(42)38(21)27-34-9-8-16(14-33)36-27/h1-10,17,21-23,39H,11-13H2,(H,35,40)/t21-,22-,23-/m0/s1. The molecule has 3 atom stereocenters. The highest BCUT2D eigenvalue weighted by atomic mass is 35.5. The third-order valence-electron chi connectivity index (χ3n) is 7.01. The Morgan fingerprint density at radius 3 is 2.60 bits per heavy atom. The van der Waals surface area contributed by atoms with Crippen molar-refractivity contribution < 1.29 is 32.7 Å². The van der Waals surface area contributed by atoms with Gasteiger partial charge in [-0.1, -0.05) is 35.9 Å². The molecule has 3 amide bonds. The number of nitrogens with one attached hydrogen (secondary N) is 1. The van der Waals surface area contributed by atoms with E-state index in [0.717, 1.165) is 21.9 Å². The summed E-state index contributed by atoms with van der Waals surface area (Å²) in [5.74, 6) is -6.81. The van der Waals surface area contributed by atoms with Gasteiger partial charge in [0.25, 0.3) is 17.7 Å². The molecule has 216 valence electrons. The van der Waals surface area contributed by atoms with Gasteiger partial charge >= 0.3 is 0 Å². The number of aromatic nitrogens is 2. The summed E-state index contributed by atoms with van der Waals surface area (Å²) in [5, 5.41) is 22.3. The number of carbonyl (C=O) groups excluding carboxylic acids is 3. The maximum Gasteiger partial charge on any atom is 0.259 e. The molecule has 14 heteroatoms. The molecule has 42 heavy (non-hydrogen) atoms. The summed E-state index contributed by atoms with van der Waals surface area (Å²) in [6, 6.07) is 9.85. The minimum Gasteiger partial charge on any atom is -0.383 e. The number of aliphatic hydroxyl groups excluding tert-OH is 1. The molecule has 0 radical (unpaired) electrons. The first-order valence-electron chi connectivity index (χ1n) is 12.7. The van der Waals surface area contributed by atoms with Gasteiger partial charge in [0, 0.05) is 47.8 Å². The number of rotatable bonds is 7. The van der Waals surface area contributed by atoms with E-state index < -0.39 is 73.0 Å². The second-order valence-electron chi connectivity index (χ2n) is 9.91. The lowest BCUT2D eigenvalue weighted by atomic mass is 9.87. The summed E-state index contributed by atoms with van der Waals surface area (Å²) in [4.78, 5) is 50.9. The third kappa shape index (κ3) is 5.63. The molecule has 2 aromatic carbocycles. The highest BCUT2D eigenvalue weighted by molar-refractivity contribution is 6.31. The predicted octanol–water partition coefficient (Wildman–Crippen LogP) is 3.30. The molecule has 2 aliphatic rings. The second kappa shape index (κ2) is 11.4. The number of hydrogen-bond acceptors (Lipinski definition) is 7. The summed E-state index contributed by atoms with van der Waals surface area (Å²) in [5.41, 5.74) is -0.132. The van der Waals surface area contributed by atoms with Crippen molar-refractivity contribution in [3.05, 3.63) is 82.9 Å². The van der Waals surface area contributed by atoms with E-state index in [4.69, 9.17) is 11.6 Å². The van der Waals surface area contributed by atoms with Crippen molar-refractivity contribution in [2.75, 3.05) is 9.80 Å². The first kappa shape index (κ1) is 29.0. The second-order valence-corrected chi connectivity index (χ2v) is 10.3. The van der Waals surface area contributed by atoms with Crippen molar-refractivity contribution in [3.63, 3.8) is 0 Å². The number of nitriles is 1. The Bertz CT molecular complexity index is 1590. The topological polar surface area (TPSA) is 140 Å². The lowest BCUT2D eigenvalue weighted by Gasteiger charge is -2.39. The molecular formula is C28H22ClF3N6O4. The van der Waals surface area contributed by atoms with Crippen molar-refractivity contribution >= 4 is 41.0 Å². The van der Waals surface area contributed by atoms with Gasteiger partial charge in [0.15, 0.2) is 0 Å². The SMILES string of the molecule is N#Cc1ccnc(N2C(=O)[C@@H](O)C[C@H]2C(=O)N(c2cccc(F)c2)[C@H](C(=O)NC2CC(F)(F)C2)c2ccccc2Cl)n1. The Labute approximate surface area is 242 Å². The van der Waals surface area contributed by atoms with Crippen LogP contribution in [0.2, 0.25) is 5.02 Å². The van der Waals surface area contributed by atoms with Gasteiger partial charge in [-0.2, -0.15) is 5.26 Å². The van der Waals surface area contributed by atoms with E-state index in [1.807, 2.05) is 0 Å². The minimum atomic E-state index is -2.95. The molecule has 2 heterocycles. The van der Waals surface area contributed by atoms with E-state index in [1.54, 1.807) is 18.2 Å². The number of alkyl halides is 2. The van der Waals surface area contributed by atoms with E-state index >= 15 is 0 Å². The first-order chi connectivity index (χ1) is 20.0. The van der Waals surface area contributed by atoms with E-state index in [9.17, 15) is 37.9 Å². The molecular weight excluding hydrogens is 577 g/mol. The Balaban J connectivity index is 1.63. The number of benzene rings is 2. The number of nitrogens with zero attached hydrogens (tertiary/aromatic N) is 5. The lowest BCUT2D eigenvalue weighted by molar-refractivity contribution is -0.133. The van der Waals surface area contributed by atoms with E-state index in [0.29, 0.717) is 0 Å². The van der Waals surface area contributed by atoms with E-state index in [2.05, 4.69) is 15.3 Å². The maximum absolute atomic E-state index is 14.5. The van der Waals surface area contributed by atoms with Crippen LogP contribution in [0.3, 0.4) is 0 Å². The smallest absolute Gasteiger partial charge is 0.259 e. The molecule has 1 aliphatic carbocycles. The van der Waals surface area contributed by atoms with Crippen LogP contribution >= 0.6 is 11.6 Å². The Morgan fingerprint density at radius 2 is 1.93 bits per heavy atom. The summed E-state index contributed by atoms with van der Waals surface area (Å²) in [7, 11) is 0. The monoisotopic (exact) mass is 598 g/mol. The van der Waals surface area contributed by atoms with Crippen LogP contribution < -0.4 is 15.1 Å². The fourth-order valence-electron chi connectivity index (χ4n) is 5.04. The van der Waals surface area contributed by atoms with Crippen molar-refractivity contribution in [3.8, 4) is 6.07 Å². The molecule has 3 aromatic rings. The quantitative estimate of drug-likeness (QED) is 0.425. The predicted molar refractivity (Wildman–Crippen MR) is 143 cm³/mol. The van der Waals surface area contributed by atoms with Gasteiger partial charge in [-0.15, -0.1) is 0 Å². The molecule has 10 nitrogen and oxygen atoms in total. The van der Waals surface area contributed by atoms with Crippen LogP contribution in [0, 0.1) is 17.1 Å². The molecule has 1 saturated heterocycles. The fraction of sp³-hybridized carbons (Fsp3) is 0.286. The van der Waals surface area contributed by atoms with Crippen molar-refractivity contribution in [1.82, 2.24) is 15.3 Å². The molecule has 2 fully saturated rings. The highest BCUT2D eigenvalue weighted by Gasteiger charge is 2.50. The molecule has 5 rings (SSSR count). The van der Waals surface area contributed by atoms with Gasteiger partial charge < -0.3 is 10.4 Å². The third-order valence-corrected chi connectivity index (χ3v) is 7.35. The zero-order chi connectivity index (χ0) is 30.2. The number of carbonyl (C=O) groups is 3. The van der Waals surface area contributed by atoms with Gasteiger partial charge in [-0.05, 0) is 30.3 Å². The molecule has 0 bridgehead atoms. The fourth-order valence-corrected chi connectivity index (χ4v) is 5.27. The van der Waals surface area contributed by atoms with Crippen LogP contribution in [0.25, 0.3) is 0 Å². The average Bonchev–Trinajstić information content (AvgIpc) is 3.24. The Hall–Kier alpha value is -4.54. The Morgan fingerprint density at radius 1 is 1.19 bits per heavy atom. The Kier molecular flexibility index (Phi) is 7.85. The first-order valence-corrected chi connectivity index (χ1v) is 13.1. The number of amides is 3. The van der Waals surface area contributed by atoms with Crippen LogP contribution in [-0.4, -0.2) is 56.9 Å². The number of halogens is 4. The minimum absolute atomic E-state index is 0.0511. The molecule has 0 unspecified atom stereocenters. The largest absolute Gasteiger partial charge is 0.383 e. The lowest BCUT2D eigenvalue weighted by Crippen LogP contribution is -2.56. The van der Waals surface area contributed by atoms with Crippen molar-refractivity contribution in [1.29, 1.82) is 5.26 Å². The maximum atomic E-state index is 14.5. The van der Waals surface area contributed by atoms with Crippen LogP contribution in [0.4, 0.5) is 24.8 Å². The number of anilines is 2. The summed E-state index contributed by atoms with van der Waals surface area (Å²) in [6.07, 6.45) is -2.13. The van der Waals surface area contributed by atoms with Gasteiger partial charge in [-0.3, -0.25) is 24.2 Å². The highest BCUT2D eigenvalue weighted by Crippen LogP contribution is 2.39. The zero-order valence-corrected chi connectivity index (χ0v) is 22.4. The van der Waals surface area contributed by atoms with E-state index in [1.165, 1.54) is 36.5 Å². The molecule has 1 aliphatic heterocycles. The van der Waals surface area contributed by atoms with Gasteiger partial charge in [0.2, 0.25) is 11.9 Å². The van der Waals surface area contributed by atoms with Crippen LogP contribution in [0.1, 0.15) is 36.6 Å².